The molecular weight excluding hydrogens is 258 g/mol. The van der Waals surface area contributed by atoms with Crippen LogP contribution in [0.1, 0.15) is 25.0 Å². The molecule has 20 heavy (non-hydrogen) atoms. The molecular formula is C14H14N3O3-. The number of rotatable bonds is 5. The third-order valence-electron chi connectivity index (χ3n) is 2.81. The molecule has 0 aliphatic carbocycles. The molecule has 0 fully saturated rings. The Labute approximate surface area is 115 Å². The third-order valence-corrected chi connectivity index (χ3v) is 2.81. The predicted octanol–water partition coefficient (Wildman–Crippen LogP) is 0.797. The molecule has 104 valence electrons. The number of benzene rings is 1. The Balaban J connectivity index is 2.11. The molecule has 1 amide bonds. The molecule has 1 N–H and O–H groups in total. The molecule has 0 saturated carbocycles. The van der Waals surface area contributed by atoms with Gasteiger partial charge in [-0.15, -0.1) is 0 Å². The second kappa shape index (κ2) is 6.10. The van der Waals surface area contributed by atoms with E-state index >= 15 is 0 Å². The van der Waals surface area contributed by atoms with E-state index in [1.54, 1.807) is 12.1 Å². The first-order valence-corrected chi connectivity index (χ1v) is 6.29. The van der Waals surface area contributed by atoms with Crippen LogP contribution in [0, 0.1) is 6.92 Å². The van der Waals surface area contributed by atoms with Crippen LogP contribution >= 0.6 is 0 Å². The summed E-state index contributed by atoms with van der Waals surface area (Å²) >= 11 is 0. The van der Waals surface area contributed by atoms with Crippen LogP contribution in [0.15, 0.2) is 24.3 Å². The fourth-order valence-electron chi connectivity index (χ4n) is 1.88. The zero-order valence-electron chi connectivity index (χ0n) is 11.0. The highest BCUT2D eigenvalue weighted by atomic mass is 16.4. The number of anilines is 1. The molecule has 6 nitrogen and oxygen atoms in total. The smallest absolute Gasteiger partial charge is 0.224 e. The van der Waals surface area contributed by atoms with Gasteiger partial charge in [-0.05, 0) is 38.0 Å². The summed E-state index contributed by atoms with van der Waals surface area (Å²) in [6, 6.07) is 7.22. The lowest BCUT2D eigenvalue weighted by molar-refractivity contribution is -0.305. The molecule has 1 aromatic heterocycles. The molecule has 0 aliphatic rings. The van der Waals surface area contributed by atoms with Gasteiger partial charge in [0.25, 0.3) is 0 Å². The van der Waals surface area contributed by atoms with E-state index in [4.69, 9.17) is 0 Å². The van der Waals surface area contributed by atoms with Crippen molar-refractivity contribution in [3.63, 3.8) is 0 Å². The van der Waals surface area contributed by atoms with Crippen molar-refractivity contribution in [3.05, 3.63) is 30.0 Å². The highest BCUT2D eigenvalue weighted by molar-refractivity contribution is 6.00. The van der Waals surface area contributed by atoms with Crippen molar-refractivity contribution in [1.82, 2.24) is 10.2 Å². The first kappa shape index (κ1) is 13.9. The summed E-state index contributed by atoms with van der Waals surface area (Å²) in [4.78, 5) is 22.1. The fraction of sp³-hybridized carbons (Fsp3) is 0.286. The number of aliphatic carboxylic acids is 1. The number of hydrogen-bond donors (Lipinski definition) is 1. The lowest BCUT2D eigenvalue weighted by atomic mass is 10.1. The first-order valence-electron chi connectivity index (χ1n) is 6.29. The summed E-state index contributed by atoms with van der Waals surface area (Å²) in [7, 11) is 0. The van der Waals surface area contributed by atoms with Gasteiger partial charge in [-0.1, -0.05) is 6.07 Å². The number of amides is 1. The van der Waals surface area contributed by atoms with Crippen molar-refractivity contribution < 1.29 is 14.7 Å². The zero-order chi connectivity index (χ0) is 14.5. The van der Waals surface area contributed by atoms with Gasteiger partial charge in [0.2, 0.25) is 5.91 Å². The average Bonchev–Trinajstić information content (AvgIpc) is 2.39. The Morgan fingerprint density at radius 3 is 2.80 bits per heavy atom. The normalized spacial score (nSPS) is 10.4. The molecule has 0 aliphatic heterocycles. The van der Waals surface area contributed by atoms with Crippen LogP contribution < -0.4 is 10.4 Å². The van der Waals surface area contributed by atoms with Gasteiger partial charge in [-0.25, -0.2) is 0 Å². The molecule has 2 rings (SSSR count). The number of aryl methyl sites for hydroxylation is 1. The van der Waals surface area contributed by atoms with Crippen molar-refractivity contribution in [2.24, 2.45) is 0 Å². The SMILES string of the molecule is Cc1cc2c(NC(=O)CCCC(=O)[O-])cccc2nn1. The van der Waals surface area contributed by atoms with Gasteiger partial charge in [-0.2, -0.15) is 10.2 Å². The maximum absolute atomic E-state index is 11.8. The van der Waals surface area contributed by atoms with Crippen molar-refractivity contribution in [3.8, 4) is 0 Å². The van der Waals surface area contributed by atoms with Gasteiger partial charge in [0.1, 0.15) is 0 Å². The van der Waals surface area contributed by atoms with Crippen LogP contribution in [0.2, 0.25) is 0 Å². The van der Waals surface area contributed by atoms with E-state index in [9.17, 15) is 14.7 Å². The Kier molecular flexibility index (Phi) is 4.24. The second-order valence-electron chi connectivity index (χ2n) is 4.50. The largest absolute Gasteiger partial charge is 0.550 e. The number of carboxylic acid groups (broad SMARTS) is 1. The van der Waals surface area contributed by atoms with E-state index in [1.165, 1.54) is 0 Å². The zero-order valence-corrected chi connectivity index (χ0v) is 11.0. The Hall–Kier alpha value is -2.50. The standard InChI is InChI=1S/C14H15N3O3/c1-9-8-10-11(4-2-5-12(10)17-16-9)15-13(18)6-3-7-14(19)20/h2,4-5,8H,3,6-7H2,1H3,(H,15,18)(H,19,20)/p-1. The maximum Gasteiger partial charge on any atom is 0.224 e. The Bertz CT molecular complexity index is 655. The molecule has 6 heteroatoms. The monoisotopic (exact) mass is 272 g/mol. The molecule has 0 unspecified atom stereocenters. The summed E-state index contributed by atoms with van der Waals surface area (Å²) < 4.78 is 0. The Morgan fingerprint density at radius 1 is 1.25 bits per heavy atom. The molecule has 0 atom stereocenters. The Morgan fingerprint density at radius 2 is 2.05 bits per heavy atom. The van der Waals surface area contributed by atoms with E-state index in [-0.39, 0.29) is 25.2 Å². The number of hydrogen-bond acceptors (Lipinski definition) is 5. The minimum Gasteiger partial charge on any atom is -0.550 e. The molecule has 1 aromatic carbocycles. The number of carboxylic acids is 1. The van der Waals surface area contributed by atoms with Crippen LogP contribution in [0.3, 0.4) is 0 Å². The molecule has 1 heterocycles. The third kappa shape index (κ3) is 3.50. The van der Waals surface area contributed by atoms with Gasteiger partial charge in [0.15, 0.2) is 0 Å². The number of nitrogens with zero attached hydrogens (tertiary/aromatic N) is 2. The lowest BCUT2D eigenvalue weighted by Crippen LogP contribution is -2.22. The van der Waals surface area contributed by atoms with Crippen LogP contribution in [-0.2, 0) is 9.59 Å². The highest BCUT2D eigenvalue weighted by Gasteiger charge is 2.07. The van der Waals surface area contributed by atoms with Crippen LogP contribution in [-0.4, -0.2) is 22.1 Å². The summed E-state index contributed by atoms with van der Waals surface area (Å²) in [5.74, 6) is -1.37. The lowest BCUT2D eigenvalue weighted by Gasteiger charge is -2.08. The van der Waals surface area contributed by atoms with Gasteiger partial charge < -0.3 is 15.2 Å². The van der Waals surface area contributed by atoms with E-state index in [0.29, 0.717) is 11.2 Å². The molecule has 0 saturated heterocycles. The summed E-state index contributed by atoms with van der Waals surface area (Å²) in [6.45, 7) is 1.82. The number of aromatic nitrogens is 2. The number of carbonyl (C=O) groups is 2. The van der Waals surface area contributed by atoms with Crippen LogP contribution in [0.5, 0.6) is 0 Å². The quantitative estimate of drug-likeness (QED) is 0.868. The van der Waals surface area contributed by atoms with Crippen molar-refractivity contribution in [2.45, 2.75) is 26.2 Å². The molecule has 0 radical (unpaired) electrons. The van der Waals surface area contributed by atoms with E-state index in [1.807, 2.05) is 19.1 Å². The molecule has 0 spiro atoms. The highest BCUT2D eigenvalue weighted by Crippen LogP contribution is 2.22. The van der Waals surface area contributed by atoms with Gasteiger partial charge in [-0.3, -0.25) is 4.79 Å². The van der Waals surface area contributed by atoms with Gasteiger partial charge >= 0.3 is 0 Å². The predicted molar refractivity (Wildman–Crippen MR) is 71.8 cm³/mol. The van der Waals surface area contributed by atoms with Gasteiger partial charge in [0.05, 0.1) is 16.9 Å². The average molecular weight is 272 g/mol. The minimum atomic E-state index is -1.14. The topological polar surface area (TPSA) is 95.0 Å². The summed E-state index contributed by atoms with van der Waals surface area (Å²) in [5, 5.41) is 21.9. The van der Waals surface area contributed by atoms with Crippen molar-refractivity contribution >= 4 is 28.5 Å². The minimum absolute atomic E-state index is 0.118. The second-order valence-corrected chi connectivity index (χ2v) is 4.50. The summed E-state index contributed by atoms with van der Waals surface area (Å²) in [6.07, 6.45) is 0.285. The number of nitrogens with one attached hydrogen (secondary N) is 1. The number of fused-ring (bicyclic) bond motifs is 1. The fourth-order valence-corrected chi connectivity index (χ4v) is 1.88. The maximum atomic E-state index is 11.8. The van der Waals surface area contributed by atoms with Crippen LogP contribution in [0.25, 0.3) is 10.9 Å². The first-order chi connectivity index (χ1) is 9.56. The van der Waals surface area contributed by atoms with E-state index in [2.05, 4.69) is 15.5 Å². The van der Waals surface area contributed by atoms with E-state index in [0.717, 1.165) is 11.1 Å². The van der Waals surface area contributed by atoms with E-state index < -0.39 is 5.97 Å². The van der Waals surface area contributed by atoms with Crippen LogP contribution in [0.4, 0.5) is 5.69 Å². The molecule has 0 bridgehead atoms. The van der Waals surface area contributed by atoms with Crippen molar-refractivity contribution in [1.29, 1.82) is 0 Å². The number of carbonyl (C=O) groups excluding carboxylic acids is 2. The summed E-state index contributed by atoms with van der Waals surface area (Å²) in [5.41, 5.74) is 2.11. The van der Waals surface area contributed by atoms with Crippen molar-refractivity contribution in [2.75, 3.05) is 5.32 Å². The molecule has 2 aromatic rings. The van der Waals surface area contributed by atoms with Gasteiger partial charge in [0, 0.05) is 17.8 Å².